The quantitative estimate of drug-likeness (QED) is 0.196. The summed E-state index contributed by atoms with van der Waals surface area (Å²) in [5, 5.41) is 7.75. The summed E-state index contributed by atoms with van der Waals surface area (Å²) in [4.78, 5) is 0. The van der Waals surface area contributed by atoms with E-state index >= 15 is 0 Å². The van der Waals surface area contributed by atoms with E-state index in [4.69, 9.17) is 0 Å². The molecule has 2 heteroatoms. The van der Waals surface area contributed by atoms with Gasteiger partial charge in [-0.2, -0.15) is 0 Å². The second kappa shape index (κ2) is 5.39. The van der Waals surface area contributed by atoms with Gasteiger partial charge in [0.05, 0.1) is 0 Å². The Morgan fingerprint density at radius 3 is 2.05 bits per heavy atom. The van der Waals surface area contributed by atoms with Crippen LogP contribution in [0.1, 0.15) is 0 Å². The molecule has 0 fully saturated rings. The number of fused-ring (bicyclic) bond motifs is 4. The molecule has 0 amide bonds. The third kappa shape index (κ3) is 2.14. The van der Waals surface area contributed by atoms with Crippen LogP contribution < -0.4 is 0 Å². The minimum absolute atomic E-state index is 0. The average Bonchev–Trinajstić information content (AvgIpc) is 2.45. The van der Waals surface area contributed by atoms with Crippen molar-refractivity contribution in [2.45, 2.75) is 0 Å². The molecule has 0 aliphatic rings. The van der Waals surface area contributed by atoms with Crippen LogP contribution >= 0.6 is 15.9 Å². The van der Waals surface area contributed by atoms with Crippen molar-refractivity contribution in [1.82, 2.24) is 0 Å². The third-order valence-corrected chi connectivity index (χ3v) is 4.34. The van der Waals surface area contributed by atoms with Gasteiger partial charge < -0.3 is 0 Å². The fraction of sp³-hybridized carbons (Fsp3) is 0. The molecule has 20 heavy (non-hydrogen) atoms. The number of hydrogen-bond acceptors (Lipinski definition) is 0. The molecule has 0 aliphatic carbocycles. The van der Waals surface area contributed by atoms with E-state index in [2.05, 4.69) is 82.7 Å². The summed E-state index contributed by atoms with van der Waals surface area (Å²) in [5.41, 5.74) is 0. The topological polar surface area (TPSA) is 0 Å². The zero-order valence-electron chi connectivity index (χ0n) is 10.7. The van der Waals surface area contributed by atoms with Gasteiger partial charge in [0.2, 0.25) is 0 Å². The molecule has 0 heterocycles. The van der Waals surface area contributed by atoms with Crippen molar-refractivity contribution in [1.29, 1.82) is 0 Å². The summed E-state index contributed by atoms with van der Waals surface area (Å²) < 4.78 is 1.16. The molecule has 0 aliphatic heterocycles. The van der Waals surface area contributed by atoms with Gasteiger partial charge in [-0.05, 0) is 45.1 Å². The molecular formula is C18H11BrSb. The minimum atomic E-state index is 0. The molecule has 0 bridgehead atoms. The Morgan fingerprint density at radius 1 is 0.600 bits per heavy atom. The molecule has 0 saturated carbocycles. The number of halogens is 1. The maximum Gasteiger partial charge on any atom is 0.0259 e. The van der Waals surface area contributed by atoms with Crippen LogP contribution in [-0.2, 0) is 0 Å². The summed E-state index contributed by atoms with van der Waals surface area (Å²) >= 11 is 3.68. The fourth-order valence-electron chi connectivity index (χ4n) is 2.76. The first-order valence-corrected chi connectivity index (χ1v) is 7.12. The van der Waals surface area contributed by atoms with Crippen LogP contribution in [0, 0.1) is 0 Å². The molecule has 3 radical (unpaired) electrons. The van der Waals surface area contributed by atoms with Crippen LogP contribution in [0.5, 0.6) is 0 Å². The first-order valence-electron chi connectivity index (χ1n) is 6.33. The largest absolute Gasteiger partial charge is 0.0616 e. The van der Waals surface area contributed by atoms with E-state index in [0.29, 0.717) is 0 Å². The molecule has 0 N–H and O–H groups in total. The number of rotatable bonds is 0. The van der Waals surface area contributed by atoms with Gasteiger partial charge in [-0.25, -0.2) is 0 Å². The van der Waals surface area contributed by atoms with Gasteiger partial charge in [0, 0.05) is 34.3 Å². The predicted molar refractivity (Wildman–Crippen MR) is 92.4 cm³/mol. The maximum atomic E-state index is 3.68. The van der Waals surface area contributed by atoms with E-state index in [1.165, 1.54) is 32.3 Å². The predicted octanol–water partition coefficient (Wildman–Crippen LogP) is 5.53. The molecule has 0 unspecified atom stereocenters. The summed E-state index contributed by atoms with van der Waals surface area (Å²) in [6, 6.07) is 23.8. The Kier molecular flexibility index (Phi) is 3.75. The SMILES string of the molecule is Brc1cccc2ccc3cc4ccccc4cc3c12.[Sb]. The second-order valence-corrected chi connectivity index (χ2v) is 5.68. The second-order valence-electron chi connectivity index (χ2n) is 4.82. The summed E-state index contributed by atoms with van der Waals surface area (Å²) in [6.07, 6.45) is 0. The monoisotopic (exact) mass is 427 g/mol. The standard InChI is InChI=1S/C18H11Br.Sb/c19-17-7-3-6-12-8-9-15-10-13-4-1-2-5-14(13)11-16(15)18(12)17;/h1-11H;. The molecule has 4 aromatic rings. The van der Waals surface area contributed by atoms with Gasteiger partial charge >= 0.3 is 0 Å². The van der Waals surface area contributed by atoms with Crippen molar-refractivity contribution in [3.05, 3.63) is 71.2 Å². The molecule has 0 atom stereocenters. The van der Waals surface area contributed by atoms with Crippen molar-refractivity contribution in [2.24, 2.45) is 0 Å². The molecule has 0 aromatic heterocycles. The molecule has 0 spiro atoms. The van der Waals surface area contributed by atoms with E-state index < -0.39 is 0 Å². The van der Waals surface area contributed by atoms with Crippen LogP contribution in [0.3, 0.4) is 0 Å². The maximum absolute atomic E-state index is 3.68. The first-order chi connectivity index (χ1) is 9.33. The Balaban J connectivity index is 0.00000121. The third-order valence-electron chi connectivity index (χ3n) is 3.68. The zero-order valence-corrected chi connectivity index (χ0v) is 14.8. The Morgan fingerprint density at radius 2 is 1.25 bits per heavy atom. The molecule has 95 valence electrons. The van der Waals surface area contributed by atoms with Crippen LogP contribution in [0.25, 0.3) is 32.3 Å². The summed E-state index contributed by atoms with van der Waals surface area (Å²) in [7, 11) is 0. The normalized spacial score (nSPS) is 10.8. The van der Waals surface area contributed by atoms with Gasteiger partial charge in [-0.15, -0.1) is 0 Å². The minimum Gasteiger partial charge on any atom is -0.0616 e. The van der Waals surface area contributed by atoms with Gasteiger partial charge in [0.15, 0.2) is 0 Å². The average molecular weight is 429 g/mol. The summed E-state index contributed by atoms with van der Waals surface area (Å²) in [6.45, 7) is 0. The van der Waals surface area contributed by atoms with Crippen molar-refractivity contribution >= 4 is 72.7 Å². The van der Waals surface area contributed by atoms with Gasteiger partial charge in [0.1, 0.15) is 0 Å². The van der Waals surface area contributed by atoms with Crippen molar-refractivity contribution in [2.75, 3.05) is 0 Å². The molecule has 4 rings (SSSR count). The van der Waals surface area contributed by atoms with E-state index in [-0.39, 0.29) is 24.4 Å². The van der Waals surface area contributed by atoms with E-state index in [9.17, 15) is 0 Å². The number of hydrogen-bond donors (Lipinski definition) is 0. The van der Waals surface area contributed by atoms with Crippen molar-refractivity contribution in [3.63, 3.8) is 0 Å². The van der Waals surface area contributed by atoms with Crippen LogP contribution in [-0.4, -0.2) is 24.4 Å². The van der Waals surface area contributed by atoms with Gasteiger partial charge in [-0.3, -0.25) is 0 Å². The van der Waals surface area contributed by atoms with Crippen LogP contribution in [0.2, 0.25) is 0 Å². The van der Waals surface area contributed by atoms with E-state index in [0.717, 1.165) is 4.47 Å². The van der Waals surface area contributed by atoms with Gasteiger partial charge in [0.25, 0.3) is 0 Å². The van der Waals surface area contributed by atoms with Crippen LogP contribution in [0.4, 0.5) is 0 Å². The van der Waals surface area contributed by atoms with Crippen molar-refractivity contribution < 1.29 is 0 Å². The number of benzene rings is 4. The molecule has 0 nitrogen and oxygen atoms in total. The fourth-order valence-corrected chi connectivity index (χ4v) is 3.35. The van der Waals surface area contributed by atoms with E-state index in [1.54, 1.807) is 0 Å². The smallest absolute Gasteiger partial charge is 0.0259 e. The zero-order chi connectivity index (χ0) is 12.8. The first kappa shape index (κ1) is 13.9. The van der Waals surface area contributed by atoms with E-state index in [1.807, 2.05) is 0 Å². The van der Waals surface area contributed by atoms with Crippen molar-refractivity contribution in [3.8, 4) is 0 Å². The Bertz CT molecular complexity index is 928. The Labute approximate surface area is 143 Å². The summed E-state index contributed by atoms with van der Waals surface area (Å²) in [5.74, 6) is 0. The Hall–Kier alpha value is -1.04. The van der Waals surface area contributed by atoms with Crippen LogP contribution in [0.15, 0.2) is 71.2 Å². The molecule has 4 aromatic carbocycles. The molecule has 0 saturated heterocycles. The van der Waals surface area contributed by atoms with Gasteiger partial charge in [-0.1, -0.05) is 64.5 Å². The molecular weight excluding hydrogens is 418 g/mol.